The summed E-state index contributed by atoms with van der Waals surface area (Å²) >= 11 is 0. The number of hydrogen-bond acceptors (Lipinski definition) is 5. The number of carbonyl (C=O) groups is 2. The fourth-order valence-corrected chi connectivity index (χ4v) is 2.35. The summed E-state index contributed by atoms with van der Waals surface area (Å²) in [7, 11) is -3.56. The third-order valence-corrected chi connectivity index (χ3v) is 4.81. The molecule has 19 heavy (non-hydrogen) atoms. The van der Waals surface area contributed by atoms with Crippen LogP contribution < -0.4 is 4.72 Å². The Bertz CT molecular complexity index is 439. The summed E-state index contributed by atoms with van der Waals surface area (Å²) in [6, 6.07) is 0. The SMILES string of the molecule is CC(=O)N1CCN(CC(=O)NS(=O)(=O)C(C)C)CC1. The van der Waals surface area contributed by atoms with E-state index >= 15 is 0 Å². The largest absolute Gasteiger partial charge is 0.340 e. The summed E-state index contributed by atoms with van der Waals surface area (Å²) in [5, 5.41) is -0.633. The van der Waals surface area contributed by atoms with Crippen molar-refractivity contribution in [3.05, 3.63) is 0 Å². The van der Waals surface area contributed by atoms with Crippen LogP contribution in [0, 0.1) is 0 Å². The highest BCUT2D eigenvalue weighted by Crippen LogP contribution is 2.02. The topological polar surface area (TPSA) is 86.8 Å². The molecule has 0 radical (unpaired) electrons. The predicted molar refractivity (Wildman–Crippen MR) is 70.9 cm³/mol. The van der Waals surface area contributed by atoms with Crippen molar-refractivity contribution in [2.24, 2.45) is 0 Å². The predicted octanol–water partition coefficient (Wildman–Crippen LogP) is -0.995. The van der Waals surface area contributed by atoms with Crippen molar-refractivity contribution in [3.8, 4) is 0 Å². The highest BCUT2D eigenvalue weighted by Gasteiger charge is 2.23. The van der Waals surface area contributed by atoms with Crippen LogP contribution in [-0.4, -0.2) is 68.0 Å². The van der Waals surface area contributed by atoms with Gasteiger partial charge in [0.15, 0.2) is 0 Å². The van der Waals surface area contributed by atoms with E-state index in [4.69, 9.17) is 0 Å². The number of sulfonamides is 1. The van der Waals surface area contributed by atoms with Gasteiger partial charge in [0.2, 0.25) is 21.8 Å². The number of nitrogens with one attached hydrogen (secondary N) is 1. The summed E-state index contributed by atoms with van der Waals surface area (Å²) in [6.45, 7) is 6.88. The normalized spacial score (nSPS) is 17.6. The molecule has 0 unspecified atom stereocenters. The molecular formula is C11H21N3O4S. The maximum absolute atomic E-state index is 11.6. The first-order valence-electron chi connectivity index (χ1n) is 6.24. The lowest BCUT2D eigenvalue weighted by Crippen LogP contribution is -2.51. The molecule has 0 aliphatic carbocycles. The summed E-state index contributed by atoms with van der Waals surface area (Å²) in [4.78, 5) is 26.3. The molecule has 1 rings (SSSR count). The smallest absolute Gasteiger partial charge is 0.247 e. The molecule has 0 aromatic rings. The molecule has 1 N–H and O–H groups in total. The molecule has 1 aliphatic heterocycles. The van der Waals surface area contributed by atoms with Crippen LogP contribution in [0.15, 0.2) is 0 Å². The van der Waals surface area contributed by atoms with Gasteiger partial charge in [-0.3, -0.25) is 19.2 Å². The molecule has 1 saturated heterocycles. The van der Waals surface area contributed by atoms with Gasteiger partial charge >= 0.3 is 0 Å². The Morgan fingerprint density at radius 2 is 1.68 bits per heavy atom. The third kappa shape index (κ3) is 4.79. The maximum Gasteiger partial charge on any atom is 0.247 e. The number of piperazine rings is 1. The van der Waals surface area contributed by atoms with Crippen LogP contribution in [0.25, 0.3) is 0 Å². The first kappa shape index (κ1) is 15.9. The van der Waals surface area contributed by atoms with Gasteiger partial charge in [-0.25, -0.2) is 8.42 Å². The quantitative estimate of drug-likeness (QED) is 0.718. The van der Waals surface area contributed by atoms with E-state index in [9.17, 15) is 18.0 Å². The van der Waals surface area contributed by atoms with Crippen molar-refractivity contribution in [1.82, 2.24) is 14.5 Å². The van der Waals surface area contributed by atoms with Gasteiger partial charge < -0.3 is 4.90 Å². The number of amides is 2. The van der Waals surface area contributed by atoms with Crippen molar-refractivity contribution in [1.29, 1.82) is 0 Å². The van der Waals surface area contributed by atoms with E-state index in [1.807, 2.05) is 9.62 Å². The van der Waals surface area contributed by atoms with E-state index in [1.54, 1.807) is 4.90 Å². The molecule has 0 spiro atoms. The van der Waals surface area contributed by atoms with Gasteiger partial charge in [-0.1, -0.05) is 0 Å². The van der Waals surface area contributed by atoms with E-state index in [1.165, 1.54) is 20.8 Å². The molecule has 0 atom stereocenters. The van der Waals surface area contributed by atoms with Gasteiger partial charge in [0, 0.05) is 33.1 Å². The zero-order valence-corrected chi connectivity index (χ0v) is 12.4. The number of nitrogens with zero attached hydrogens (tertiary/aromatic N) is 2. The van der Waals surface area contributed by atoms with E-state index < -0.39 is 21.2 Å². The zero-order valence-electron chi connectivity index (χ0n) is 11.5. The van der Waals surface area contributed by atoms with Crippen LogP contribution >= 0.6 is 0 Å². The molecule has 0 bridgehead atoms. The van der Waals surface area contributed by atoms with Crippen molar-refractivity contribution in [2.75, 3.05) is 32.7 Å². The van der Waals surface area contributed by atoms with Crippen LogP contribution in [0.5, 0.6) is 0 Å². The second-order valence-electron chi connectivity index (χ2n) is 4.90. The molecule has 8 heteroatoms. The summed E-state index contributed by atoms with van der Waals surface area (Å²) < 4.78 is 25.1. The highest BCUT2D eigenvalue weighted by atomic mass is 32.2. The Labute approximate surface area is 114 Å². The van der Waals surface area contributed by atoms with Crippen LogP contribution in [0.1, 0.15) is 20.8 Å². The first-order valence-corrected chi connectivity index (χ1v) is 7.79. The monoisotopic (exact) mass is 291 g/mol. The fraction of sp³-hybridized carbons (Fsp3) is 0.818. The van der Waals surface area contributed by atoms with Crippen LogP contribution in [-0.2, 0) is 19.6 Å². The Balaban J connectivity index is 2.41. The van der Waals surface area contributed by atoms with E-state index in [0.717, 1.165) is 0 Å². The Kier molecular flexibility index (Phi) is 5.30. The molecule has 0 saturated carbocycles. The van der Waals surface area contributed by atoms with Crippen molar-refractivity contribution >= 4 is 21.8 Å². The maximum atomic E-state index is 11.6. The summed E-state index contributed by atoms with van der Waals surface area (Å²) in [5.74, 6) is -0.503. The average Bonchev–Trinajstić information content (AvgIpc) is 2.28. The van der Waals surface area contributed by atoms with Gasteiger partial charge in [0.25, 0.3) is 0 Å². The second kappa shape index (κ2) is 6.33. The van der Waals surface area contributed by atoms with E-state index in [-0.39, 0.29) is 12.5 Å². The van der Waals surface area contributed by atoms with E-state index in [0.29, 0.717) is 26.2 Å². The van der Waals surface area contributed by atoms with Gasteiger partial charge in [-0.2, -0.15) is 0 Å². The van der Waals surface area contributed by atoms with Gasteiger partial charge in [0.1, 0.15) is 0 Å². The molecule has 110 valence electrons. The summed E-state index contributed by atoms with van der Waals surface area (Å²) in [6.07, 6.45) is 0. The molecule has 1 aliphatic rings. The minimum absolute atomic E-state index is 0.0199. The Hall–Kier alpha value is -1.15. The third-order valence-electron chi connectivity index (χ3n) is 3.06. The van der Waals surface area contributed by atoms with Crippen LogP contribution in [0.4, 0.5) is 0 Å². The first-order chi connectivity index (χ1) is 8.72. The molecule has 1 fully saturated rings. The lowest BCUT2D eigenvalue weighted by atomic mass is 10.3. The molecule has 2 amide bonds. The van der Waals surface area contributed by atoms with Crippen LogP contribution in [0.2, 0.25) is 0 Å². The van der Waals surface area contributed by atoms with Crippen molar-refractivity contribution < 1.29 is 18.0 Å². The van der Waals surface area contributed by atoms with E-state index in [2.05, 4.69) is 0 Å². The minimum atomic E-state index is -3.56. The number of carbonyl (C=O) groups excluding carboxylic acids is 2. The molecule has 7 nitrogen and oxygen atoms in total. The highest BCUT2D eigenvalue weighted by molar-refractivity contribution is 7.90. The average molecular weight is 291 g/mol. The van der Waals surface area contributed by atoms with Crippen molar-refractivity contribution in [3.63, 3.8) is 0 Å². The van der Waals surface area contributed by atoms with Gasteiger partial charge in [-0.15, -0.1) is 0 Å². The molecule has 0 aromatic carbocycles. The Morgan fingerprint density at radius 1 is 1.16 bits per heavy atom. The number of rotatable bonds is 4. The molecular weight excluding hydrogens is 270 g/mol. The lowest BCUT2D eigenvalue weighted by molar-refractivity contribution is -0.130. The van der Waals surface area contributed by atoms with Gasteiger partial charge in [-0.05, 0) is 13.8 Å². The Morgan fingerprint density at radius 3 is 2.11 bits per heavy atom. The fourth-order valence-electron chi connectivity index (χ4n) is 1.73. The lowest BCUT2D eigenvalue weighted by Gasteiger charge is -2.33. The molecule has 1 heterocycles. The standard InChI is InChI=1S/C11H21N3O4S/c1-9(2)19(17,18)12-11(16)8-13-4-6-14(7-5-13)10(3)15/h9H,4-8H2,1-3H3,(H,12,16). The van der Waals surface area contributed by atoms with Crippen LogP contribution in [0.3, 0.4) is 0 Å². The zero-order chi connectivity index (χ0) is 14.6. The number of hydrogen-bond donors (Lipinski definition) is 1. The summed E-state index contributed by atoms with van der Waals surface area (Å²) in [5.41, 5.74) is 0. The minimum Gasteiger partial charge on any atom is -0.340 e. The second-order valence-corrected chi connectivity index (χ2v) is 7.14. The van der Waals surface area contributed by atoms with Gasteiger partial charge in [0.05, 0.1) is 11.8 Å². The van der Waals surface area contributed by atoms with Crippen molar-refractivity contribution in [2.45, 2.75) is 26.0 Å². The molecule has 0 aromatic heterocycles.